The standard InChI is InChI=1S/C22H33N3O3/c1-23(16-18-7-4-3-5-8-18)21(26)17-24-11-13-25(14-12-24)22(27)19-9-6-10-20(15-19)28-2/h6,9-10,15,18H,3-5,7-8,11-14,16-17H2,1-2H3. The van der Waals surface area contributed by atoms with E-state index in [9.17, 15) is 9.59 Å². The Morgan fingerprint density at radius 3 is 2.50 bits per heavy atom. The molecule has 0 radical (unpaired) electrons. The van der Waals surface area contributed by atoms with E-state index < -0.39 is 0 Å². The van der Waals surface area contributed by atoms with Crippen LogP contribution in [0.1, 0.15) is 42.5 Å². The molecule has 2 aliphatic rings. The number of rotatable bonds is 6. The lowest BCUT2D eigenvalue weighted by Crippen LogP contribution is -2.51. The molecule has 1 aromatic carbocycles. The summed E-state index contributed by atoms with van der Waals surface area (Å²) in [5.41, 5.74) is 0.649. The van der Waals surface area contributed by atoms with E-state index in [1.54, 1.807) is 13.2 Å². The molecule has 1 aliphatic heterocycles. The molecule has 2 fully saturated rings. The minimum absolute atomic E-state index is 0.0271. The monoisotopic (exact) mass is 387 g/mol. The number of amides is 2. The first-order chi connectivity index (χ1) is 13.6. The Kier molecular flexibility index (Phi) is 7.31. The minimum Gasteiger partial charge on any atom is -0.497 e. The molecule has 6 heteroatoms. The lowest BCUT2D eigenvalue weighted by molar-refractivity contribution is -0.132. The van der Waals surface area contributed by atoms with Gasteiger partial charge in [-0.1, -0.05) is 25.3 Å². The number of hydrogen-bond acceptors (Lipinski definition) is 4. The molecule has 1 heterocycles. The van der Waals surface area contributed by atoms with Crippen molar-refractivity contribution < 1.29 is 14.3 Å². The second-order valence-corrected chi connectivity index (χ2v) is 8.08. The van der Waals surface area contributed by atoms with Crippen LogP contribution < -0.4 is 4.74 Å². The minimum atomic E-state index is 0.0271. The van der Waals surface area contributed by atoms with Crippen molar-refractivity contribution in [1.29, 1.82) is 0 Å². The van der Waals surface area contributed by atoms with E-state index in [0.717, 1.165) is 19.6 Å². The van der Waals surface area contributed by atoms with Crippen LogP contribution in [0.25, 0.3) is 0 Å². The maximum Gasteiger partial charge on any atom is 0.254 e. The first-order valence-corrected chi connectivity index (χ1v) is 10.5. The van der Waals surface area contributed by atoms with Crippen LogP contribution >= 0.6 is 0 Å². The first-order valence-electron chi connectivity index (χ1n) is 10.5. The smallest absolute Gasteiger partial charge is 0.254 e. The number of piperazine rings is 1. The van der Waals surface area contributed by atoms with Gasteiger partial charge in [-0.3, -0.25) is 14.5 Å². The second-order valence-electron chi connectivity index (χ2n) is 8.08. The van der Waals surface area contributed by atoms with Gasteiger partial charge in [0.25, 0.3) is 5.91 Å². The molecule has 0 aromatic heterocycles. The van der Waals surface area contributed by atoms with Gasteiger partial charge in [-0.05, 0) is 37.0 Å². The Morgan fingerprint density at radius 2 is 1.82 bits per heavy atom. The number of carbonyl (C=O) groups excluding carboxylic acids is 2. The average Bonchev–Trinajstić information content (AvgIpc) is 2.74. The van der Waals surface area contributed by atoms with Crippen molar-refractivity contribution in [2.75, 3.05) is 53.4 Å². The first kappa shape index (κ1) is 20.6. The van der Waals surface area contributed by atoms with E-state index in [0.29, 0.717) is 36.9 Å². The summed E-state index contributed by atoms with van der Waals surface area (Å²) in [7, 11) is 3.53. The molecule has 2 amide bonds. The summed E-state index contributed by atoms with van der Waals surface area (Å²) in [5, 5.41) is 0. The second kappa shape index (κ2) is 9.92. The number of methoxy groups -OCH3 is 1. The van der Waals surface area contributed by atoms with Crippen LogP contribution in [0.4, 0.5) is 0 Å². The van der Waals surface area contributed by atoms with Gasteiger partial charge < -0.3 is 14.5 Å². The summed E-state index contributed by atoms with van der Waals surface area (Å²) < 4.78 is 5.21. The van der Waals surface area contributed by atoms with E-state index in [4.69, 9.17) is 4.74 Å². The molecule has 154 valence electrons. The van der Waals surface area contributed by atoms with Crippen molar-refractivity contribution in [2.24, 2.45) is 5.92 Å². The highest BCUT2D eigenvalue weighted by molar-refractivity contribution is 5.94. The predicted octanol–water partition coefficient (Wildman–Crippen LogP) is 2.49. The van der Waals surface area contributed by atoms with Crippen LogP contribution in [0.3, 0.4) is 0 Å². The highest BCUT2D eigenvalue weighted by atomic mass is 16.5. The molecule has 1 aliphatic carbocycles. The molecular weight excluding hydrogens is 354 g/mol. The molecule has 0 N–H and O–H groups in total. The molecule has 1 saturated carbocycles. The van der Waals surface area contributed by atoms with Crippen molar-refractivity contribution in [3.05, 3.63) is 29.8 Å². The average molecular weight is 388 g/mol. The Balaban J connectivity index is 1.44. The van der Waals surface area contributed by atoms with Crippen LogP contribution in [-0.4, -0.2) is 79.9 Å². The zero-order chi connectivity index (χ0) is 19.9. The van der Waals surface area contributed by atoms with Crippen molar-refractivity contribution in [1.82, 2.24) is 14.7 Å². The number of benzene rings is 1. The molecule has 0 bridgehead atoms. The summed E-state index contributed by atoms with van der Waals surface area (Å²) in [4.78, 5) is 31.2. The van der Waals surface area contributed by atoms with Gasteiger partial charge in [0.2, 0.25) is 5.91 Å². The summed E-state index contributed by atoms with van der Waals surface area (Å²) in [6, 6.07) is 7.27. The van der Waals surface area contributed by atoms with Crippen molar-refractivity contribution in [2.45, 2.75) is 32.1 Å². The molecular formula is C22H33N3O3. The van der Waals surface area contributed by atoms with E-state index in [1.165, 1.54) is 32.1 Å². The third kappa shape index (κ3) is 5.47. The Labute approximate surface area is 168 Å². The number of hydrogen-bond donors (Lipinski definition) is 0. The van der Waals surface area contributed by atoms with Crippen LogP contribution in [0, 0.1) is 5.92 Å². The van der Waals surface area contributed by atoms with Gasteiger partial charge in [0.1, 0.15) is 5.75 Å². The van der Waals surface area contributed by atoms with Gasteiger partial charge in [-0.25, -0.2) is 0 Å². The highest BCUT2D eigenvalue weighted by Gasteiger charge is 2.25. The third-order valence-electron chi connectivity index (χ3n) is 6.02. The molecule has 0 spiro atoms. The number of nitrogens with zero attached hydrogens (tertiary/aromatic N) is 3. The van der Waals surface area contributed by atoms with Crippen molar-refractivity contribution >= 4 is 11.8 Å². The molecule has 0 atom stereocenters. The van der Waals surface area contributed by atoms with E-state index in [2.05, 4.69) is 4.90 Å². The zero-order valence-electron chi connectivity index (χ0n) is 17.2. The molecule has 3 rings (SSSR count). The maximum absolute atomic E-state index is 12.7. The van der Waals surface area contributed by atoms with Crippen LogP contribution in [0.5, 0.6) is 5.75 Å². The third-order valence-corrected chi connectivity index (χ3v) is 6.02. The molecule has 0 unspecified atom stereocenters. The lowest BCUT2D eigenvalue weighted by atomic mass is 9.89. The zero-order valence-corrected chi connectivity index (χ0v) is 17.2. The van der Waals surface area contributed by atoms with Gasteiger partial charge in [0.15, 0.2) is 0 Å². The van der Waals surface area contributed by atoms with Gasteiger partial charge in [-0.15, -0.1) is 0 Å². The molecule has 1 aromatic rings. The molecule has 6 nitrogen and oxygen atoms in total. The Hall–Kier alpha value is -2.08. The van der Waals surface area contributed by atoms with Crippen LogP contribution in [-0.2, 0) is 4.79 Å². The largest absolute Gasteiger partial charge is 0.497 e. The quantitative estimate of drug-likeness (QED) is 0.753. The fraction of sp³-hybridized carbons (Fsp3) is 0.636. The van der Waals surface area contributed by atoms with Crippen molar-refractivity contribution in [3.8, 4) is 5.75 Å². The van der Waals surface area contributed by atoms with Gasteiger partial charge in [-0.2, -0.15) is 0 Å². The molecule has 28 heavy (non-hydrogen) atoms. The fourth-order valence-electron chi connectivity index (χ4n) is 4.22. The number of carbonyl (C=O) groups is 2. The number of ether oxygens (including phenoxy) is 1. The van der Waals surface area contributed by atoms with Crippen LogP contribution in [0.15, 0.2) is 24.3 Å². The van der Waals surface area contributed by atoms with Crippen LogP contribution in [0.2, 0.25) is 0 Å². The Morgan fingerprint density at radius 1 is 1.11 bits per heavy atom. The van der Waals surface area contributed by atoms with Gasteiger partial charge in [0, 0.05) is 45.3 Å². The summed E-state index contributed by atoms with van der Waals surface area (Å²) in [6.45, 7) is 4.10. The normalized spacial score (nSPS) is 18.7. The van der Waals surface area contributed by atoms with Crippen molar-refractivity contribution in [3.63, 3.8) is 0 Å². The summed E-state index contributed by atoms with van der Waals surface area (Å²) >= 11 is 0. The topological polar surface area (TPSA) is 53.1 Å². The fourth-order valence-corrected chi connectivity index (χ4v) is 4.22. The lowest BCUT2D eigenvalue weighted by Gasteiger charge is -2.35. The molecule has 1 saturated heterocycles. The maximum atomic E-state index is 12.7. The van der Waals surface area contributed by atoms with Gasteiger partial charge in [0.05, 0.1) is 13.7 Å². The van der Waals surface area contributed by atoms with Gasteiger partial charge >= 0.3 is 0 Å². The highest BCUT2D eigenvalue weighted by Crippen LogP contribution is 2.24. The SMILES string of the molecule is COc1cccc(C(=O)N2CCN(CC(=O)N(C)CC3CCCCC3)CC2)c1. The van der Waals surface area contributed by atoms with E-state index in [-0.39, 0.29) is 11.8 Å². The van der Waals surface area contributed by atoms with E-state index >= 15 is 0 Å². The predicted molar refractivity (Wildman–Crippen MR) is 110 cm³/mol. The van der Waals surface area contributed by atoms with E-state index in [1.807, 2.05) is 35.0 Å². The summed E-state index contributed by atoms with van der Waals surface area (Å²) in [6.07, 6.45) is 6.45. The Bertz CT molecular complexity index is 665. The number of likely N-dealkylation sites (N-methyl/N-ethyl adjacent to an activating group) is 1. The summed E-state index contributed by atoms with van der Waals surface area (Å²) in [5.74, 6) is 1.58.